The quantitative estimate of drug-likeness (QED) is 0.390. The molecule has 2 aromatic carbocycles. The molecule has 2 aliphatic rings. The van der Waals surface area contributed by atoms with Gasteiger partial charge >= 0.3 is 0 Å². The Labute approximate surface area is 213 Å². The Morgan fingerprint density at radius 2 is 2.05 bits per heavy atom. The van der Waals surface area contributed by atoms with Gasteiger partial charge in [-0.2, -0.15) is 10.2 Å². The number of H-pyrrole nitrogens is 1. The summed E-state index contributed by atoms with van der Waals surface area (Å²) in [5.74, 6) is 1.39. The molecule has 1 saturated heterocycles. The summed E-state index contributed by atoms with van der Waals surface area (Å²) in [5, 5.41) is 13.3. The van der Waals surface area contributed by atoms with E-state index < -0.39 is 0 Å². The van der Waals surface area contributed by atoms with Crippen LogP contribution in [0.2, 0.25) is 0 Å². The van der Waals surface area contributed by atoms with Crippen molar-refractivity contribution >= 4 is 27.9 Å². The Morgan fingerprint density at radius 3 is 2.89 bits per heavy atom. The molecule has 0 unspecified atom stereocenters. The highest BCUT2D eigenvalue weighted by molar-refractivity contribution is 5.94. The number of aromatic amines is 1. The van der Waals surface area contributed by atoms with Gasteiger partial charge in [0.2, 0.25) is 0 Å². The first-order chi connectivity index (χ1) is 17.9. The van der Waals surface area contributed by atoms with E-state index in [9.17, 15) is 0 Å². The fourth-order valence-electron chi connectivity index (χ4n) is 6.74. The lowest BCUT2D eigenvalue weighted by molar-refractivity contribution is 0.530. The Hall–Kier alpha value is -3.85. The van der Waals surface area contributed by atoms with Gasteiger partial charge in [-0.05, 0) is 54.9 Å². The first kappa shape index (κ1) is 22.4. The molecule has 188 valence electrons. The van der Waals surface area contributed by atoms with Gasteiger partial charge < -0.3 is 10.6 Å². The maximum absolute atomic E-state index is 15.1. The van der Waals surface area contributed by atoms with Gasteiger partial charge in [-0.1, -0.05) is 24.3 Å². The lowest BCUT2D eigenvalue weighted by atomic mass is 9.89. The van der Waals surface area contributed by atoms with Gasteiger partial charge in [0.05, 0.1) is 11.7 Å². The first-order valence-electron chi connectivity index (χ1n) is 12.8. The molecular formula is C28H29FN8. The van der Waals surface area contributed by atoms with Crippen molar-refractivity contribution < 1.29 is 4.39 Å². The van der Waals surface area contributed by atoms with E-state index in [-0.39, 0.29) is 11.2 Å². The summed E-state index contributed by atoms with van der Waals surface area (Å²) in [6.07, 6.45) is 4.81. The van der Waals surface area contributed by atoms with Crippen molar-refractivity contribution in [3.63, 3.8) is 0 Å². The van der Waals surface area contributed by atoms with Crippen LogP contribution in [0.4, 0.5) is 10.2 Å². The third-order valence-corrected chi connectivity index (χ3v) is 8.77. The maximum atomic E-state index is 15.1. The predicted octanol–water partition coefficient (Wildman–Crippen LogP) is 4.02. The highest BCUT2D eigenvalue weighted by atomic mass is 19.1. The van der Waals surface area contributed by atoms with Crippen LogP contribution < -0.4 is 10.6 Å². The van der Waals surface area contributed by atoms with Crippen molar-refractivity contribution in [1.82, 2.24) is 29.9 Å². The molecule has 0 spiro atoms. The minimum Gasteiger partial charge on any atom is -0.355 e. The molecule has 0 bridgehead atoms. The molecule has 1 aliphatic carbocycles. The summed E-state index contributed by atoms with van der Waals surface area (Å²) in [5.41, 5.74) is 12.7. The molecule has 3 atom stereocenters. The predicted molar refractivity (Wildman–Crippen MR) is 142 cm³/mol. The molecule has 3 N–H and O–H groups in total. The van der Waals surface area contributed by atoms with E-state index in [1.165, 1.54) is 0 Å². The van der Waals surface area contributed by atoms with Crippen LogP contribution in [-0.2, 0) is 12.5 Å². The third-order valence-electron chi connectivity index (χ3n) is 8.77. The number of hydrogen-bond acceptors (Lipinski definition) is 6. The molecule has 1 aliphatic heterocycles. The van der Waals surface area contributed by atoms with Crippen molar-refractivity contribution in [3.8, 4) is 11.3 Å². The number of benzene rings is 2. The summed E-state index contributed by atoms with van der Waals surface area (Å²) >= 11 is 0. The number of rotatable bonds is 4. The van der Waals surface area contributed by atoms with Crippen molar-refractivity contribution in [3.05, 3.63) is 65.2 Å². The Bertz CT molecular complexity index is 1690. The van der Waals surface area contributed by atoms with Crippen molar-refractivity contribution in [2.45, 2.75) is 25.7 Å². The fraction of sp³-hybridized carbons (Fsp3) is 0.357. The molecule has 7 rings (SSSR count). The largest absolute Gasteiger partial charge is 0.355 e. The Balaban J connectivity index is 1.20. The number of fused-ring (bicyclic) bond motifs is 3. The van der Waals surface area contributed by atoms with E-state index in [4.69, 9.17) is 15.7 Å². The number of anilines is 1. The van der Waals surface area contributed by atoms with Crippen molar-refractivity contribution in [2.24, 2.45) is 24.6 Å². The standard InChI is InChI=1S/C28H29FN8/c1-15-5-4-6-20(24(15)29)28(14-30)19-9-10-37(13-21(19)28)23-11-31-26-25(33-34-27(26)32-23)17-7-8-22-18(16(17)2)12-36(3)35-22/h4-8,11-12,19,21H,9-10,13-14,30H2,1-3H3,(H,32,33,34)/t19-,21+,28-/m1/s1. The number of halogens is 1. The van der Waals surface area contributed by atoms with Gasteiger partial charge in [0.1, 0.15) is 22.8 Å². The molecule has 5 aromatic rings. The molecule has 9 heteroatoms. The van der Waals surface area contributed by atoms with Gasteiger partial charge in [-0.25, -0.2) is 14.4 Å². The SMILES string of the molecule is Cc1cccc([C@@]2(CN)[C@@H]3CCN(c4cnc5c(-c6ccc7nn(C)cc7c6C)n[nH]c5n4)C[C@@H]32)c1F. The number of nitrogens with zero attached hydrogens (tertiary/aromatic N) is 6. The lowest BCUT2D eigenvalue weighted by Crippen LogP contribution is -2.32. The fourth-order valence-corrected chi connectivity index (χ4v) is 6.74. The zero-order valence-corrected chi connectivity index (χ0v) is 21.2. The van der Waals surface area contributed by atoms with Crippen LogP contribution in [0.3, 0.4) is 0 Å². The van der Waals surface area contributed by atoms with Gasteiger partial charge in [0.25, 0.3) is 0 Å². The van der Waals surface area contributed by atoms with E-state index in [0.29, 0.717) is 29.6 Å². The summed E-state index contributed by atoms with van der Waals surface area (Å²) in [6, 6.07) is 9.74. The third kappa shape index (κ3) is 3.10. The lowest BCUT2D eigenvalue weighted by Gasteiger charge is -2.26. The Morgan fingerprint density at radius 1 is 1.19 bits per heavy atom. The van der Waals surface area contributed by atoms with Crippen LogP contribution in [0.5, 0.6) is 0 Å². The summed E-state index contributed by atoms with van der Waals surface area (Å²) in [7, 11) is 1.93. The molecule has 8 nitrogen and oxygen atoms in total. The highest BCUT2D eigenvalue weighted by Gasteiger charge is 2.66. The van der Waals surface area contributed by atoms with Crippen LogP contribution in [0.25, 0.3) is 33.3 Å². The average Bonchev–Trinajstić information content (AvgIpc) is 3.14. The number of nitrogens with two attached hydrogens (primary N) is 1. The number of aromatic nitrogens is 6. The normalized spacial score (nSPS) is 23.1. The second-order valence-electron chi connectivity index (χ2n) is 10.6. The average molecular weight is 497 g/mol. The summed E-state index contributed by atoms with van der Waals surface area (Å²) in [4.78, 5) is 11.9. The zero-order valence-electron chi connectivity index (χ0n) is 21.2. The van der Waals surface area contributed by atoms with Crippen molar-refractivity contribution in [1.29, 1.82) is 0 Å². The van der Waals surface area contributed by atoms with Gasteiger partial charge in [0, 0.05) is 49.2 Å². The second-order valence-corrected chi connectivity index (χ2v) is 10.6. The molecule has 2 fully saturated rings. The molecule has 0 radical (unpaired) electrons. The summed E-state index contributed by atoms with van der Waals surface area (Å²) < 4.78 is 16.9. The van der Waals surface area contributed by atoms with E-state index in [1.54, 1.807) is 0 Å². The van der Waals surface area contributed by atoms with E-state index >= 15 is 4.39 Å². The summed E-state index contributed by atoms with van der Waals surface area (Å²) in [6.45, 7) is 5.98. The number of aryl methyl sites for hydroxylation is 3. The second kappa shape index (κ2) is 7.82. The topological polar surface area (TPSA) is 102 Å². The maximum Gasteiger partial charge on any atom is 0.177 e. The van der Waals surface area contributed by atoms with Crippen LogP contribution >= 0.6 is 0 Å². The molecule has 1 saturated carbocycles. The van der Waals surface area contributed by atoms with E-state index in [2.05, 4.69) is 27.1 Å². The minimum absolute atomic E-state index is 0.111. The van der Waals surface area contributed by atoms with Crippen molar-refractivity contribution in [2.75, 3.05) is 24.5 Å². The van der Waals surface area contributed by atoms with Gasteiger partial charge in [0.15, 0.2) is 5.65 Å². The molecule has 3 aromatic heterocycles. The zero-order chi connectivity index (χ0) is 25.5. The minimum atomic E-state index is -0.300. The first-order valence-corrected chi connectivity index (χ1v) is 12.8. The number of nitrogens with one attached hydrogen (secondary N) is 1. The molecule has 37 heavy (non-hydrogen) atoms. The molecule has 4 heterocycles. The highest BCUT2D eigenvalue weighted by Crippen LogP contribution is 2.63. The Kier molecular flexibility index (Phi) is 4.73. The van der Waals surface area contributed by atoms with Crippen LogP contribution in [-0.4, -0.2) is 49.6 Å². The van der Waals surface area contributed by atoms with E-state index in [1.807, 2.05) is 61.4 Å². The number of hydrogen-bond donors (Lipinski definition) is 2. The van der Waals surface area contributed by atoms with Crippen LogP contribution in [0.1, 0.15) is 23.1 Å². The van der Waals surface area contributed by atoms with E-state index in [0.717, 1.165) is 64.1 Å². The number of piperidine rings is 1. The molecule has 0 amide bonds. The van der Waals surface area contributed by atoms with Gasteiger partial charge in [-0.3, -0.25) is 9.78 Å². The van der Waals surface area contributed by atoms with Crippen LogP contribution in [0.15, 0.2) is 42.7 Å². The van der Waals surface area contributed by atoms with Crippen LogP contribution in [0, 0.1) is 31.5 Å². The van der Waals surface area contributed by atoms with Gasteiger partial charge in [-0.15, -0.1) is 0 Å². The monoisotopic (exact) mass is 496 g/mol. The smallest absolute Gasteiger partial charge is 0.177 e. The molecular weight excluding hydrogens is 467 g/mol.